The van der Waals surface area contributed by atoms with E-state index in [0.717, 1.165) is 37.4 Å². The van der Waals surface area contributed by atoms with Crippen LogP contribution in [0.25, 0.3) is 0 Å². The maximum absolute atomic E-state index is 12.8. The molecule has 3 heterocycles. The third kappa shape index (κ3) is 5.39. The van der Waals surface area contributed by atoms with Crippen molar-refractivity contribution in [1.82, 2.24) is 14.5 Å². The monoisotopic (exact) mass is 417 g/mol. The van der Waals surface area contributed by atoms with Crippen LogP contribution in [0.15, 0.2) is 35.4 Å². The van der Waals surface area contributed by atoms with E-state index in [9.17, 15) is 9.59 Å². The first kappa shape index (κ1) is 21.4. The Morgan fingerprint density at radius 1 is 1.24 bits per heavy atom. The van der Waals surface area contributed by atoms with Gasteiger partial charge in [-0.05, 0) is 42.7 Å². The minimum atomic E-state index is -0.477. The maximum Gasteiger partial charge on any atom is 0.343 e. The van der Waals surface area contributed by atoms with Crippen LogP contribution in [0.1, 0.15) is 28.0 Å². The summed E-state index contributed by atoms with van der Waals surface area (Å²) in [5.74, 6) is 0.916. The van der Waals surface area contributed by atoms with Gasteiger partial charge in [0.05, 0.1) is 7.11 Å². The number of aromatic nitrogens is 2. The zero-order chi connectivity index (χ0) is 20.6. The lowest BCUT2D eigenvalue weighted by atomic mass is 10.1. The van der Waals surface area contributed by atoms with Crippen molar-refractivity contribution >= 4 is 17.7 Å². The van der Waals surface area contributed by atoms with E-state index in [-0.39, 0.29) is 17.9 Å². The predicted octanol–water partition coefficient (Wildman–Crippen LogP) is 2.22. The number of ether oxygens (including phenoxy) is 2. The van der Waals surface area contributed by atoms with E-state index in [1.54, 1.807) is 17.0 Å². The Morgan fingerprint density at radius 3 is 2.76 bits per heavy atom. The number of rotatable bonds is 8. The second-order valence-corrected chi connectivity index (χ2v) is 7.88. The average Bonchev–Trinajstić information content (AvgIpc) is 2.96. The second-order valence-electron chi connectivity index (χ2n) is 6.89. The highest BCUT2D eigenvalue weighted by Gasteiger charge is 2.26. The molecule has 0 saturated carbocycles. The Morgan fingerprint density at radius 2 is 2.03 bits per heavy atom. The van der Waals surface area contributed by atoms with Crippen LogP contribution in [0.5, 0.6) is 5.75 Å². The molecule has 0 bridgehead atoms. The summed E-state index contributed by atoms with van der Waals surface area (Å²) >= 11 is 1.84. The van der Waals surface area contributed by atoms with E-state index < -0.39 is 5.97 Å². The SMILES string of the molecule is COC(=O)c1c(OCc2ccncc2)cc(=O)n2c1CCN(CCCSC)CC2. The van der Waals surface area contributed by atoms with E-state index in [1.165, 1.54) is 13.2 Å². The molecule has 1 aliphatic heterocycles. The van der Waals surface area contributed by atoms with Gasteiger partial charge in [0.2, 0.25) is 0 Å². The summed E-state index contributed by atoms with van der Waals surface area (Å²) < 4.78 is 12.6. The number of methoxy groups -OCH3 is 1. The van der Waals surface area contributed by atoms with Crippen molar-refractivity contribution in [2.45, 2.75) is 26.0 Å². The predicted molar refractivity (Wildman–Crippen MR) is 114 cm³/mol. The van der Waals surface area contributed by atoms with Gasteiger partial charge in [-0.2, -0.15) is 11.8 Å². The fourth-order valence-electron chi connectivity index (χ4n) is 3.53. The van der Waals surface area contributed by atoms with Crippen molar-refractivity contribution in [1.29, 1.82) is 0 Å². The van der Waals surface area contributed by atoms with Crippen LogP contribution in [0.2, 0.25) is 0 Å². The van der Waals surface area contributed by atoms with Crippen LogP contribution in [0.4, 0.5) is 0 Å². The number of fused-ring (bicyclic) bond motifs is 1. The molecule has 0 aromatic carbocycles. The third-order valence-electron chi connectivity index (χ3n) is 5.04. The summed E-state index contributed by atoms with van der Waals surface area (Å²) in [6.07, 6.45) is 7.17. The van der Waals surface area contributed by atoms with Gasteiger partial charge in [0.1, 0.15) is 17.9 Å². The molecule has 2 aromatic heterocycles. The summed E-state index contributed by atoms with van der Waals surface area (Å²) in [5, 5.41) is 0. The number of nitrogens with zero attached hydrogens (tertiary/aromatic N) is 3. The molecule has 0 radical (unpaired) electrons. The summed E-state index contributed by atoms with van der Waals surface area (Å²) in [4.78, 5) is 31.7. The highest BCUT2D eigenvalue weighted by Crippen LogP contribution is 2.25. The van der Waals surface area contributed by atoms with Gasteiger partial charge in [0, 0.05) is 50.2 Å². The number of hydrogen-bond acceptors (Lipinski definition) is 7. The van der Waals surface area contributed by atoms with Gasteiger partial charge in [-0.15, -0.1) is 0 Å². The maximum atomic E-state index is 12.8. The molecule has 0 spiro atoms. The Kier molecular flexibility index (Phi) is 7.71. The van der Waals surface area contributed by atoms with E-state index in [4.69, 9.17) is 9.47 Å². The smallest absolute Gasteiger partial charge is 0.343 e. The van der Waals surface area contributed by atoms with Crippen LogP contribution < -0.4 is 10.3 Å². The van der Waals surface area contributed by atoms with Gasteiger partial charge in [0.25, 0.3) is 5.56 Å². The molecular weight excluding hydrogens is 390 g/mol. The first-order valence-electron chi connectivity index (χ1n) is 9.72. The van der Waals surface area contributed by atoms with Crippen LogP contribution in [0, 0.1) is 0 Å². The Balaban J connectivity index is 1.87. The Bertz CT molecular complexity index is 885. The lowest BCUT2D eigenvalue weighted by Crippen LogP contribution is -2.30. The number of hydrogen-bond donors (Lipinski definition) is 0. The molecule has 0 saturated heterocycles. The fourth-order valence-corrected chi connectivity index (χ4v) is 3.94. The number of esters is 1. The minimum Gasteiger partial charge on any atom is -0.488 e. The van der Waals surface area contributed by atoms with Crippen LogP contribution in [-0.2, 0) is 24.3 Å². The molecule has 7 nitrogen and oxygen atoms in total. The molecular formula is C21H27N3O4S. The first-order valence-corrected chi connectivity index (χ1v) is 11.1. The summed E-state index contributed by atoms with van der Waals surface area (Å²) in [7, 11) is 1.35. The average molecular weight is 418 g/mol. The van der Waals surface area contributed by atoms with Gasteiger partial charge >= 0.3 is 5.97 Å². The summed E-state index contributed by atoms with van der Waals surface area (Å²) in [6.45, 7) is 3.38. The van der Waals surface area contributed by atoms with E-state index in [0.29, 0.717) is 24.2 Å². The molecule has 2 aromatic rings. The van der Waals surface area contributed by atoms with Gasteiger partial charge in [0.15, 0.2) is 0 Å². The number of carbonyl (C=O) groups excluding carboxylic acids is 1. The number of thioether (sulfide) groups is 1. The van der Waals surface area contributed by atoms with Crippen LogP contribution in [-0.4, -0.2) is 59.2 Å². The van der Waals surface area contributed by atoms with Crippen molar-refractivity contribution in [3.63, 3.8) is 0 Å². The first-order chi connectivity index (χ1) is 14.1. The van der Waals surface area contributed by atoms with E-state index >= 15 is 0 Å². The molecule has 0 N–H and O–H groups in total. The molecule has 0 unspecified atom stereocenters. The largest absolute Gasteiger partial charge is 0.488 e. The molecule has 0 fully saturated rings. The lowest BCUT2D eigenvalue weighted by Gasteiger charge is -2.18. The molecule has 0 aliphatic carbocycles. The Hall–Kier alpha value is -2.32. The molecule has 156 valence electrons. The van der Waals surface area contributed by atoms with Crippen molar-refractivity contribution in [3.05, 3.63) is 57.8 Å². The van der Waals surface area contributed by atoms with E-state index in [2.05, 4.69) is 16.1 Å². The number of pyridine rings is 2. The molecule has 3 rings (SSSR count). The molecule has 29 heavy (non-hydrogen) atoms. The standard InChI is InChI=1S/C21H27N3O4S/c1-27-21(26)20-17-6-10-23(9-3-13-29-2)11-12-24(17)19(25)14-18(20)28-15-16-4-7-22-8-5-16/h4-5,7-8,14H,3,6,9-13,15H2,1-2H3. The molecule has 1 aliphatic rings. The van der Waals surface area contributed by atoms with Crippen molar-refractivity contribution in [2.75, 3.05) is 38.8 Å². The third-order valence-corrected chi connectivity index (χ3v) is 5.74. The van der Waals surface area contributed by atoms with E-state index in [1.807, 2.05) is 23.9 Å². The topological polar surface area (TPSA) is 73.7 Å². The van der Waals surface area contributed by atoms with Gasteiger partial charge in [-0.25, -0.2) is 4.79 Å². The normalized spacial score (nSPS) is 14.1. The zero-order valence-corrected chi connectivity index (χ0v) is 17.7. The summed E-state index contributed by atoms with van der Waals surface area (Å²) in [5.41, 5.74) is 1.81. The quantitative estimate of drug-likeness (QED) is 0.482. The second kappa shape index (κ2) is 10.5. The number of carbonyl (C=O) groups is 1. The lowest BCUT2D eigenvalue weighted by molar-refractivity contribution is 0.0592. The molecule has 8 heteroatoms. The van der Waals surface area contributed by atoms with Crippen molar-refractivity contribution in [2.24, 2.45) is 0 Å². The highest BCUT2D eigenvalue weighted by molar-refractivity contribution is 7.98. The molecule has 0 atom stereocenters. The van der Waals surface area contributed by atoms with Crippen molar-refractivity contribution < 1.29 is 14.3 Å². The fraction of sp³-hybridized carbons (Fsp3) is 0.476. The van der Waals surface area contributed by atoms with Crippen molar-refractivity contribution in [3.8, 4) is 5.75 Å². The summed E-state index contributed by atoms with van der Waals surface area (Å²) in [6, 6.07) is 5.07. The zero-order valence-electron chi connectivity index (χ0n) is 16.9. The van der Waals surface area contributed by atoms with Crippen LogP contribution >= 0.6 is 11.8 Å². The minimum absolute atomic E-state index is 0.150. The molecule has 0 amide bonds. The van der Waals surface area contributed by atoms with Crippen LogP contribution in [0.3, 0.4) is 0 Å². The van der Waals surface area contributed by atoms with Gasteiger partial charge in [-0.1, -0.05) is 0 Å². The van der Waals surface area contributed by atoms with Gasteiger partial charge in [-0.3, -0.25) is 9.78 Å². The highest BCUT2D eigenvalue weighted by atomic mass is 32.2. The van der Waals surface area contributed by atoms with Gasteiger partial charge < -0.3 is 18.9 Å². The Labute approximate surface area is 175 Å².